The van der Waals surface area contributed by atoms with Gasteiger partial charge in [-0.2, -0.15) is 12.7 Å². The third kappa shape index (κ3) is 2.93. The van der Waals surface area contributed by atoms with Gasteiger partial charge in [0.2, 0.25) is 0 Å². The van der Waals surface area contributed by atoms with E-state index in [9.17, 15) is 12.8 Å². The molecule has 0 saturated carbocycles. The van der Waals surface area contributed by atoms with Gasteiger partial charge in [-0.25, -0.2) is 4.39 Å². The van der Waals surface area contributed by atoms with Crippen LogP contribution in [0.2, 0.25) is 0 Å². The highest BCUT2D eigenvalue weighted by atomic mass is 79.9. The van der Waals surface area contributed by atoms with Gasteiger partial charge in [-0.3, -0.25) is 4.72 Å². The monoisotopic (exact) mass is 310 g/mol. The zero-order chi connectivity index (χ0) is 12.5. The molecule has 0 aliphatic heterocycles. The van der Waals surface area contributed by atoms with E-state index in [4.69, 9.17) is 0 Å². The number of anilines is 1. The van der Waals surface area contributed by atoms with Crippen LogP contribution in [0.1, 0.15) is 5.56 Å². The molecule has 0 spiro atoms. The summed E-state index contributed by atoms with van der Waals surface area (Å²) in [7, 11) is -0.811. The van der Waals surface area contributed by atoms with Crippen LogP contribution in [0.25, 0.3) is 0 Å². The quantitative estimate of drug-likeness (QED) is 0.929. The normalized spacial score (nSPS) is 11.9. The Hall–Kier alpha value is -0.660. The van der Waals surface area contributed by atoms with Crippen molar-refractivity contribution in [3.63, 3.8) is 0 Å². The molecule has 0 aliphatic carbocycles. The minimum Gasteiger partial charge on any atom is -0.271 e. The number of halogens is 2. The average Bonchev–Trinajstić information content (AvgIpc) is 2.13. The van der Waals surface area contributed by atoms with Crippen LogP contribution in [0.5, 0.6) is 0 Å². The van der Waals surface area contributed by atoms with Crippen molar-refractivity contribution in [2.45, 2.75) is 6.92 Å². The lowest BCUT2D eigenvalue weighted by Crippen LogP contribution is -2.29. The van der Waals surface area contributed by atoms with Gasteiger partial charge in [-0.05, 0) is 40.5 Å². The van der Waals surface area contributed by atoms with Crippen molar-refractivity contribution in [3.05, 3.63) is 28.0 Å². The van der Waals surface area contributed by atoms with Crippen molar-refractivity contribution in [1.29, 1.82) is 0 Å². The maximum Gasteiger partial charge on any atom is 0.301 e. The molecular weight excluding hydrogens is 299 g/mol. The molecule has 0 unspecified atom stereocenters. The van der Waals surface area contributed by atoms with E-state index in [-0.39, 0.29) is 5.69 Å². The van der Waals surface area contributed by atoms with Crippen LogP contribution in [0.15, 0.2) is 16.6 Å². The Morgan fingerprint density at radius 3 is 2.44 bits per heavy atom. The predicted molar refractivity (Wildman–Crippen MR) is 65.1 cm³/mol. The van der Waals surface area contributed by atoms with Gasteiger partial charge in [0, 0.05) is 14.1 Å². The fourth-order valence-electron chi connectivity index (χ4n) is 0.986. The van der Waals surface area contributed by atoms with Crippen LogP contribution >= 0.6 is 15.9 Å². The predicted octanol–water partition coefficient (Wildman–Crippen LogP) is 2.11. The van der Waals surface area contributed by atoms with Crippen LogP contribution in [-0.4, -0.2) is 26.8 Å². The van der Waals surface area contributed by atoms with E-state index < -0.39 is 16.0 Å². The Morgan fingerprint density at radius 2 is 1.94 bits per heavy atom. The second-order valence-electron chi connectivity index (χ2n) is 3.47. The summed E-state index contributed by atoms with van der Waals surface area (Å²) < 4.78 is 39.9. The summed E-state index contributed by atoms with van der Waals surface area (Å²) >= 11 is 3.03. The molecule has 0 fully saturated rings. The molecule has 0 radical (unpaired) electrons. The molecule has 0 bridgehead atoms. The first-order valence-electron chi connectivity index (χ1n) is 4.40. The molecule has 4 nitrogen and oxygen atoms in total. The van der Waals surface area contributed by atoms with Gasteiger partial charge in [0.1, 0.15) is 5.82 Å². The molecule has 16 heavy (non-hydrogen) atoms. The zero-order valence-corrected chi connectivity index (χ0v) is 11.5. The number of hydrogen-bond acceptors (Lipinski definition) is 2. The highest BCUT2D eigenvalue weighted by molar-refractivity contribution is 9.10. The summed E-state index contributed by atoms with van der Waals surface area (Å²) in [4.78, 5) is 0. The zero-order valence-electron chi connectivity index (χ0n) is 9.08. The van der Waals surface area contributed by atoms with Gasteiger partial charge in [0.15, 0.2) is 0 Å². The molecule has 0 amide bonds. The Morgan fingerprint density at radius 1 is 1.38 bits per heavy atom. The van der Waals surface area contributed by atoms with E-state index >= 15 is 0 Å². The third-order valence-corrected chi connectivity index (χ3v) is 4.03. The van der Waals surface area contributed by atoms with Crippen LogP contribution in [0.4, 0.5) is 10.1 Å². The lowest BCUT2D eigenvalue weighted by molar-refractivity contribution is 0.526. The molecule has 7 heteroatoms. The number of benzene rings is 1. The molecule has 1 N–H and O–H groups in total. The largest absolute Gasteiger partial charge is 0.301 e. The summed E-state index contributed by atoms with van der Waals surface area (Å²) in [5.74, 6) is -0.512. The second kappa shape index (κ2) is 4.68. The van der Waals surface area contributed by atoms with Gasteiger partial charge in [-0.15, -0.1) is 0 Å². The van der Waals surface area contributed by atoms with Gasteiger partial charge in [0.25, 0.3) is 0 Å². The Labute approximate surface area is 103 Å². The lowest BCUT2D eigenvalue weighted by Gasteiger charge is -2.15. The van der Waals surface area contributed by atoms with Crippen LogP contribution in [-0.2, 0) is 10.2 Å². The number of aryl methyl sites for hydroxylation is 1. The fraction of sp³-hybridized carbons (Fsp3) is 0.333. The molecule has 0 aliphatic rings. The maximum atomic E-state index is 13.2. The van der Waals surface area contributed by atoms with Crippen LogP contribution in [0, 0.1) is 12.7 Å². The highest BCUT2D eigenvalue weighted by Gasteiger charge is 2.15. The first-order valence-corrected chi connectivity index (χ1v) is 6.63. The van der Waals surface area contributed by atoms with Crippen molar-refractivity contribution in [2.75, 3.05) is 18.8 Å². The van der Waals surface area contributed by atoms with Gasteiger partial charge < -0.3 is 0 Å². The topological polar surface area (TPSA) is 49.4 Å². The summed E-state index contributed by atoms with van der Waals surface area (Å²) in [5.41, 5.74) is 0.869. The van der Waals surface area contributed by atoms with Crippen molar-refractivity contribution < 1.29 is 12.8 Å². The fourth-order valence-corrected chi connectivity index (χ4v) is 2.12. The van der Waals surface area contributed by atoms with Crippen LogP contribution in [0.3, 0.4) is 0 Å². The number of hydrogen-bond donors (Lipinski definition) is 1. The van der Waals surface area contributed by atoms with E-state index in [2.05, 4.69) is 20.7 Å². The molecule has 1 rings (SSSR count). The van der Waals surface area contributed by atoms with E-state index in [1.165, 1.54) is 20.2 Å². The number of nitrogens with zero attached hydrogens (tertiary/aromatic N) is 1. The Bertz CT molecular complexity index is 502. The standard InChI is InChI=1S/C9H12BrFN2O2S/c1-6-4-7(10)8(11)5-9(6)12-16(14,15)13(2)3/h4-5,12H,1-3H3. The van der Waals surface area contributed by atoms with Crippen LogP contribution < -0.4 is 4.72 Å². The second-order valence-corrected chi connectivity index (χ2v) is 6.21. The molecular formula is C9H12BrFN2O2S. The molecule has 90 valence electrons. The maximum absolute atomic E-state index is 13.2. The van der Waals surface area contributed by atoms with Crippen molar-refractivity contribution in [2.24, 2.45) is 0 Å². The van der Waals surface area contributed by atoms with E-state index in [1.807, 2.05) is 0 Å². The summed E-state index contributed by atoms with van der Waals surface area (Å²) in [6.45, 7) is 1.69. The molecule has 0 heterocycles. The third-order valence-electron chi connectivity index (χ3n) is 1.99. The van der Waals surface area contributed by atoms with E-state index in [1.54, 1.807) is 6.92 Å². The molecule has 0 saturated heterocycles. The van der Waals surface area contributed by atoms with E-state index in [0.717, 1.165) is 10.4 Å². The number of nitrogens with one attached hydrogen (secondary N) is 1. The number of rotatable bonds is 3. The Kier molecular flexibility index (Phi) is 3.92. The minimum atomic E-state index is -3.60. The average molecular weight is 311 g/mol. The molecule has 0 atom stereocenters. The lowest BCUT2D eigenvalue weighted by atomic mass is 10.2. The minimum absolute atomic E-state index is 0.231. The van der Waals surface area contributed by atoms with Gasteiger partial charge in [-0.1, -0.05) is 0 Å². The Balaban J connectivity index is 3.13. The van der Waals surface area contributed by atoms with Crippen molar-refractivity contribution >= 4 is 31.8 Å². The van der Waals surface area contributed by atoms with Crippen molar-refractivity contribution in [1.82, 2.24) is 4.31 Å². The summed E-state index contributed by atoms with van der Waals surface area (Å²) in [5, 5.41) is 0. The molecule has 0 aromatic heterocycles. The smallest absolute Gasteiger partial charge is 0.271 e. The SMILES string of the molecule is Cc1cc(Br)c(F)cc1NS(=O)(=O)N(C)C. The molecule has 1 aromatic rings. The summed E-state index contributed by atoms with van der Waals surface area (Å²) in [6, 6.07) is 2.66. The first-order chi connectivity index (χ1) is 7.24. The van der Waals surface area contributed by atoms with Crippen molar-refractivity contribution in [3.8, 4) is 0 Å². The highest BCUT2D eigenvalue weighted by Crippen LogP contribution is 2.24. The summed E-state index contributed by atoms with van der Waals surface area (Å²) in [6.07, 6.45) is 0. The molecule has 1 aromatic carbocycles. The van der Waals surface area contributed by atoms with Gasteiger partial charge >= 0.3 is 10.2 Å². The van der Waals surface area contributed by atoms with E-state index in [0.29, 0.717) is 10.0 Å². The van der Waals surface area contributed by atoms with Gasteiger partial charge in [0.05, 0.1) is 10.2 Å². The first kappa shape index (κ1) is 13.4.